The molecule has 8 rings (SSSR count). The second-order valence-electron chi connectivity index (χ2n) is 11.4. The number of benzene rings is 4. The lowest BCUT2D eigenvalue weighted by Crippen LogP contribution is -1.96. The van der Waals surface area contributed by atoms with Crippen LogP contribution in [0.15, 0.2) is 91.5 Å². The van der Waals surface area contributed by atoms with Crippen molar-refractivity contribution in [2.75, 3.05) is 0 Å². The Morgan fingerprint density at radius 2 is 1.14 bits per heavy atom. The van der Waals surface area contributed by atoms with E-state index >= 15 is 0 Å². The lowest BCUT2D eigenvalue weighted by Gasteiger charge is -2.11. The number of halogens is 2. The number of nitrogens with one attached hydrogen (secondary N) is 2. The van der Waals surface area contributed by atoms with Gasteiger partial charge in [-0.15, -0.1) is 0 Å². The zero-order valence-electron chi connectivity index (χ0n) is 24.8. The summed E-state index contributed by atoms with van der Waals surface area (Å²) in [5, 5.41) is 3.95. The van der Waals surface area contributed by atoms with Crippen LogP contribution in [0.1, 0.15) is 32.6 Å². The van der Waals surface area contributed by atoms with Gasteiger partial charge < -0.3 is 19.1 Å². The molecule has 2 N–H and O–H groups in total. The Bertz CT molecular complexity index is 2370. The molecule has 8 aromatic rings. The number of rotatable bonds is 3. The van der Waals surface area contributed by atoms with Crippen molar-refractivity contribution < 1.29 is 13.6 Å². The summed E-state index contributed by atoms with van der Waals surface area (Å²) in [6.45, 7) is 8.23. The molecule has 4 heterocycles. The lowest BCUT2D eigenvalue weighted by molar-refractivity contribution is 0.112. The van der Waals surface area contributed by atoms with Crippen molar-refractivity contribution >= 4 is 49.9 Å². The van der Waals surface area contributed by atoms with Crippen LogP contribution in [0.4, 0.5) is 8.78 Å². The molecule has 0 fully saturated rings. The number of hydrogen-bond donors (Lipinski definition) is 2. The molecule has 44 heavy (non-hydrogen) atoms. The fraction of sp³-hybridized carbons (Fsp3) is 0.108. The second kappa shape index (κ2) is 10.4. The van der Waals surface area contributed by atoms with Crippen LogP contribution in [0.3, 0.4) is 0 Å². The molecule has 0 radical (unpaired) electrons. The molecule has 0 spiro atoms. The predicted molar refractivity (Wildman–Crippen MR) is 175 cm³/mol. The van der Waals surface area contributed by atoms with Gasteiger partial charge in [-0.25, -0.2) is 8.78 Å². The molecule has 7 heteroatoms. The van der Waals surface area contributed by atoms with E-state index in [-0.39, 0.29) is 11.6 Å². The second-order valence-corrected chi connectivity index (χ2v) is 11.4. The number of carbonyl (C=O) groups is 1. The first-order chi connectivity index (χ1) is 21.2. The van der Waals surface area contributed by atoms with E-state index in [0.29, 0.717) is 5.56 Å². The summed E-state index contributed by atoms with van der Waals surface area (Å²) < 4.78 is 31.3. The van der Waals surface area contributed by atoms with Gasteiger partial charge in [0.05, 0.1) is 0 Å². The summed E-state index contributed by atoms with van der Waals surface area (Å²) >= 11 is 0. The van der Waals surface area contributed by atoms with Gasteiger partial charge >= 0.3 is 0 Å². The Balaban J connectivity index is 0.000000143. The number of aromatic amines is 2. The molecule has 4 aromatic carbocycles. The van der Waals surface area contributed by atoms with E-state index in [4.69, 9.17) is 0 Å². The van der Waals surface area contributed by atoms with Crippen LogP contribution in [0.2, 0.25) is 0 Å². The Morgan fingerprint density at radius 3 is 1.61 bits per heavy atom. The van der Waals surface area contributed by atoms with Crippen LogP contribution < -0.4 is 0 Å². The van der Waals surface area contributed by atoms with E-state index in [1.54, 1.807) is 36.5 Å². The summed E-state index contributed by atoms with van der Waals surface area (Å²) in [5.74, 6) is -0.447. The number of fused-ring (bicyclic) bond motifs is 6. The molecule has 5 nitrogen and oxygen atoms in total. The summed E-state index contributed by atoms with van der Waals surface area (Å²) in [7, 11) is 0. The van der Waals surface area contributed by atoms with Crippen LogP contribution in [-0.2, 0) is 0 Å². The van der Waals surface area contributed by atoms with Gasteiger partial charge in [-0.05, 0) is 117 Å². The highest BCUT2D eigenvalue weighted by atomic mass is 19.1. The Morgan fingerprint density at radius 1 is 0.636 bits per heavy atom. The van der Waals surface area contributed by atoms with Crippen LogP contribution >= 0.6 is 0 Å². The molecule has 0 aliphatic rings. The molecule has 4 aromatic heterocycles. The summed E-state index contributed by atoms with van der Waals surface area (Å²) in [6.07, 6.45) is 8.56. The van der Waals surface area contributed by atoms with E-state index in [2.05, 4.69) is 40.5 Å². The fourth-order valence-electron chi connectivity index (χ4n) is 6.39. The zero-order chi connectivity index (χ0) is 30.7. The first-order valence-corrected chi connectivity index (χ1v) is 14.4. The molecule has 0 unspecified atom stereocenters. The standard InChI is InChI=1S/C19H15FN2O.C18H15FN2/c1-11-7-17(22-6-5-13(9-22)10-23)12(2)18-15-8-14(20)3-4-16(15)21-19(11)18;1-11-9-16(21-7-3-4-8-21)12(2)17-14-10-13(19)5-6-15(14)20-18(11)17/h3-10,21H,1-2H3;3-10,20H,1-2H3. The van der Waals surface area contributed by atoms with Crippen LogP contribution in [0.25, 0.3) is 55.0 Å². The molecule has 0 saturated heterocycles. The van der Waals surface area contributed by atoms with E-state index in [1.807, 2.05) is 49.1 Å². The maximum atomic E-state index is 13.7. The van der Waals surface area contributed by atoms with Gasteiger partial charge in [0.25, 0.3) is 0 Å². The van der Waals surface area contributed by atoms with Crippen LogP contribution in [0, 0.1) is 39.3 Å². The molecule has 0 aliphatic carbocycles. The van der Waals surface area contributed by atoms with Crippen molar-refractivity contribution in [3.63, 3.8) is 0 Å². The number of hydrogen-bond acceptors (Lipinski definition) is 1. The number of aromatic nitrogens is 4. The van der Waals surface area contributed by atoms with Crippen molar-refractivity contribution in [1.82, 2.24) is 19.1 Å². The topological polar surface area (TPSA) is 58.5 Å². The zero-order valence-corrected chi connectivity index (χ0v) is 24.8. The molecule has 0 bridgehead atoms. The maximum Gasteiger partial charge on any atom is 0.151 e. The molecule has 218 valence electrons. The SMILES string of the molecule is Cc1cc(-n2ccc(C=O)c2)c(C)c2c1[nH]c1ccc(F)cc12.Cc1cc(-n2cccc2)c(C)c2c1[nH]c1ccc(F)cc12. The highest BCUT2D eigenvalue weighted by molar-refractivity contribution is 6.12. The minimum atomic E-state index is -0.245. The molecule has 0 aliphatic heterocycles. The number of nitrogens with zero attached hydrogens (tertiary/aromatic N) is 2. The van der Waals surface area contributed by atoms with Crippen molar-refractivity contribution in [2.45, 2.75) is 27.7 Å². The molecule has 0 saturated carbocycles. The molecule has 0 atom stereocenters. The highest BCUT2D eigenvalue weighted by Gasteiger charge is 2.16. The summed E-state index contributed by atoms with van der Waals surface area (Å²) in [6, 6.07) is 19.8. The van der Waals surface area contributed by atoms with Gasteiger partial charge in [0, 0.05) is 85.3 Å². The van der Waals surface area contributed by atoms with E-state index < -0.39 is 0 Å². The van der Waals surface area contributed by atoms with Gasteiger partial charge in [0.2, 0.25) is 0 Å². The molecule has 0 amide bonds. The molecular formula is C37H30F2N4O. The normalized spacial score (nSPS) is 11.5. The number of aryl methyl sites for hydroxylation is 4. The minimum absolute atomic E-state index is 0.202. The summed E-state index contributed by atoms with van der Waals surface area (Å²) in [4.78, 5) is 17.7. The van der Waals surface area contributed by atoms with Gasteiger partial charge in [-0.2, -0.15) is 0 Å². The average molecular weight is 585 g/mol. The fourth-order valence-corrected chi connectivity index (χ4v) is 6.39. The number of aldehydes is 1. The smallest absolute Gasteiger partial charge is 0.151 e. The first kappa shape index (κ1) is 27.4. The number of carbonyl (C=O) groups excluding carboxylic acids is 1. The maximum absolute atomic E-state index is 13.7. The Kier molecular flexibility index (Phi) is 6.47. The van der Waals surface area contributed by atoms with E-state index in [0.717, 1.165) is 83.5 Å². The molecular weight excluding hydrogens is 554 g/mol. The highest BCUT2D eigenvalue weighted by Crippen LogP contribution is 2.35. The van der Waals surface area contributed by atoms with Gasteiger partial charge in [0.1, 0.15) is 11.6 Å². The third-order valence-electron chi connectivity index (χ3n) is 8.55. The van der Waals surface area contributed by atoms with Gasteiger partial charge in [0.15, 0.2) is 6.29 Å². The van der Waals surface area contributed by atoms with Crippen LogP contribution in [-0.4, -0.2) is 25.4 Å². The monoisotopic (exact) mass is 584 g/mol. The first-order valence-electron chi connectivity index (χ1n) is 14.4. The van der Waals surface area contributed by atoms with Gasteiger partial charge in [-0.3, -0.25) is 4.79 Å². The van der Waals surface area contributed by atoms with E-state index in [1.165, 1.54) is 12.1 Å². The van der Waals surface area contributed by atoms with Gasteiger partial charge in [-0.1, -0.05) is 0 Å². The van der Waals surface area contributed by atoms with E-state index in [9.17, 15) is 13.6 Å². The Hall–Kier alpha value is -5.43. The number of H-pyrrole nitrogens is 2. The average Bonchev–Trinajstić information content (AvgIpc) is 3.82. The third-order valence-corrected chi connectivity index (χ3v) is 8.55. The third kappa shape index (κ3) is 4.40. The van der Waals surface area contributed by atoms with Crippen molar-refractivity contribution in [1.29, 1.82) is 0 Å². The van der Waals surface area contributed by atoms with Crippen LogP contribution in [0.5, 0.6) is 0 Å². The van der Waals surface area contributed by atoms with Crippen molar-refractivity contribution in [2.24, 2.45) is 0 Å². The van der Waals surface area contributed by atoms with Crippen molar-refractivity contribution in [3.8, 4) is 11.4 Å². The summed E-state index contributed by atoms with van der Waals surface area (Å²) in [5.41, 5.74) is 11.2. The quantitative estimate of drug-likeness (QED) is 0.200. The lowest BCUT2D eigenvalue weighted by atomic mass is 10.0. The predicted octanol–water partition coefficient (Wildman–Crippen LogP) is 9.55. The minimum Gasteiger partial charge on any atom is -0.354 e. The van der Waals surface area contributed by atoms with Crippen molar-refractivity contribution in [3.05, 3.63) is 131 Å². The largest absolute Gasteiger partial charge is 0.354 e. The Labute approximate surface area is 252 Å².